The molecule has 0 spiro atoms. The fourth-order valence-corrected chi connectivity index (χ4v) is 12.8. The lowest BCUT2D eigenvalue weighted by molar-refractivity contribution is 0.103. The number of aliphatic hydroxyl groups excluding tert-OH is 7. The van der Waals surface area contributed by atoms with Crippen molar-refractivity contribution in [3.63, 3.8) is 0 Å². The summed E-state index contributed by atoms with van der Waals surface area (Å²) in [5.41, 5.74) is 17.3. The van der Waals surface area contributed by atoms with E-state index in [9.17, 15) is 54.9 Å². The lowest BCUT2D eigenvalue weighted by Gasteiger charge is -2.15. The van der Waals surface area contributed by atoms with Gasteiger partial charge in [0.1, 0.15) is 52.0 Å². The van der Waals surface area contributed by atoms with Crippen molar-refractivity contribution in [3.05, 3.63) is 313 Å². The first-order chi connectivity index (χ1) is 62.1. The van der Waals surface area contributed by atoms with Gasteiger partial charge >= 0.3 is 0 Å². The van der Waals surface area contributed by atoms with Crippen LogP contribution >= 0.6 is 11.6 Å². The Kier molecular flexibility index (Phi) is 37.0. The number of benzene rings is 8. The first kappa shape index (κ1) is 96.8. The molecule has 4 heterocycles. The number of hydrogen-bond acceptors (Lipinski definition) is 30. The number of halogens is 1. The summed E-state index contributed by atoms with van der Waals surface area (Å²) in [6.07, 6.45) is 19.0. The molecular weight excluding hydrogens is 1660 g/mol. The summed E-state index contributed by atoms with van der Waals surface area (Å²) in [6.45, 7) is -1.65. The molecule has 0 saturated carbocycles. The maximum atomic E-state index is 12.9. The van der Waals surface area contributed by atoms with Gasteiger partial charge in [-0.25, -0.2) is 19.9 Å². The predicted octanol–water partition coefficient (Wildman–Crippen LogP) is 15.7. The zero-order valence-corrected chi connectivity index (χ0v) is 72.5. The van der Waals surface area contributed by atoms with Crippen molar-refractivity contribution in [1.29, 1.82) is 0 Å². The van der Waals surface area contributed by atoms with Gasteiger partial charge in [0.05, 0.1) is 123 Å². The van der Waals surface area contributed by atoms with E-state index in [1.165, 1.54) is 88.3 Å². The molecule has 128 heavy (non-hydrogen) atoms. The summed E-state index contributed by atoms with van der Waals surface area (Å²) >= 11 is 5.86. The number of carbonyl (C=O) groups excluding carboxylic acids is 4. The molecule has 0 aliphatic carbocycles. The van der Waals surface area contributed by atoms with Gasteiger partial charge in [-0.05, 0) is 211 Å². The fraction of sp³-hybridized carbons (Fsp3) is 0.175. The van der Waals surface area contributed by atoms with Gasteiger partial charge in [-0.3, -0.25) is 19.2 Å². The van der Waals surface area contributed by atoms with Crippen LogP contribution in [0.4, 0.5) is 51.7 Å². The molecule has 0 atom stereocenters. The molecule has 12 rings (SSSR count). The third-order valence-corrected chi connectivity index (χ3v) is 19.6. The van der Waals surface area contributed by atoms with Crippen LogP contribution in [0.15, 0.2) is 225 Å². The minimum absolute atomic E-state index is 0.103. The van der Waals surface area contributed by atoms with Crippen molar-refractivity contribution in [3.8, 4) is 57.5 Å². The highest BCUT2D eigenvalue weighted by atomic mass is 35.5. The van der Waals surface area contributed by atoms with E-state index in [1.54, 1.807) is 208 Å². The largest absolute Gasteiger partial charge is 0.496 e. The number of methoxy groups -OCH3 is 10. The van der Waals surface area contributed by atoms with Crippen molar-refractivity contribution in [2.75, 3.05) is 98.1 Å². The van der Waals surface area contributed by atoms with Crippen molar-refractivity contribution < 1.29 is 102 Å². The SMILES string of the molecule is COc1cc(Nc2ncccc2/C=C/C(=O)c2cc(OC)c(OC)c(OC)c2)cc(CO)c1CO.COc1cc(Nc2ncccc2/C=C/C(=O)c2ccc(Cl)cc2)ccc1CO.COc1ccc(C(=O)/C=C/c2cccnc2Nc2cc(CO)c(CO)c(OC)c2)cc1N.COc1ccc(C(=O)/C=C/c2cccnc2Nc2cc(CO)c(CO)c(OC)c2)cc1OC. The van der Waals surface area contributed by atoms with E-state index in [-0.39, 0.29) is 69.4 Å². The van der Waals surface area contributed by atoms with E-state index < -0.39 is 0 Å². The van der Waals surface area contributed by atoms with Gasteiger partial charge in [-0.1, -0.05) is 17.7 Å². The number of ether oxygens (including phenoxy) is 10. The monoisotopic (exact) mass is 1760 g/mol. The molecular formula is C97H98ClN9O21. The van der Waals surface area contributed by atoms with Crippen LogP contribution in [-0.2, 0) is 46.2 Å². The Balaban J connectivity index is 0.000000193. The Labute approximate surface area is 744 Å². The normalized spacial score (nSPS) is 10.8. The molecule has 8 aromatic carbocycles. The summed E-state index contributed by atoms with van der Waals surface area (Å²) in [4.78, 5) is 68.0. The number of carbonyl (C=O) groups is 4. The third-order valence-electron chi connectivity index (χ3n) is 19.3. The van der Waals surface area contributed by atoms with E-state index in [0.717, 1.165) is 11.3 Å². The van der Waals surface area contributed by atoms with Crippen molar-refractivity contribution in [2.24, 2.45) is 0 Å². The summed E-state index contributed by atoms with van der Waals surface area (Å²) in [5.74, 6) is 5.89. The van der Waals surface area contributed by atoms with Crippen LogP contribution in [-0.4, -0.2) is 150 Å². The summed E-state index contributed by atoms with van der Waals surface area (Å²) in [6, 6.07) is 49.8. The zero-order valence-electron chi connectivity index (χ0n) is 71.7. The lowest BCUT2D eigenvalue weighted by Crippen LogP contribution is -2.03. The number of hydrogen-bond donors (Lipinski definition) is 12. The second kappa shape index (κ2) is 48.9. The Morgan fingerprint density at radius 1 is 0.305 bits per heavy atom. The van der Waals surface area contributed by atoms with E-state index >= 15 is 0 Å². The number of aliphatic hydroxyl groups is 7. The molecule has 4 aromatic heterocycles. The average molecular weight is 1760 g/mol. The number of nitrogen functional groups attached to an aromatic ring is 1. The molecule has 664 valence electrons. The summed E-state index contributed by atoms with van der Waals surface area (Å²) in [7, 11) is 15.1. The number of ketones is 4. The van der Waals surface area contributed by atoms with E-state index in [0.29, 0.717) is 186 Å². The first-order valence-electron chi connectivity index (χ1n) is 39.2. The number of aromatic nitrogens is 4. The fourth-order valence-electron chi connectivity index (χ4n) is 12.7. The van der Waals surface area contributed by atoms with Crippen LogP contribution in [0, 0.1) is 0 Å². The van der Waals surface area contributed by atoms with Gasteiger partial charge in [0.15, 0.2) is 46.1 Å². The number of rotatable bonds is 37. The Hall–Kier alpha value is -15.0. The van der Waals surface area contributed by atoms with E-state index in [1.807, 2.05) is 24.3 Å². The number of nitrogens with zero attached hydrogens (tertiary/aromatic N) is 4. The van der Waals surface area contributed by atoms with Gasteiger partial charge in [-0.2, -0.15) is 0 Å². The van der Waals surface area contributed by atoms with Crippen molar-refractivity contribution in [2.45, 2.75) is 46.2 Å². The number of nitrogens with two attached hydrogens (primary N) is 1. The molecule has 0 radical (unpaired) electrons. The predicted molar refractivity (Wildman–Crippen MR) is 491 cm³/mol. The third kappa shape index (κ3) is 25.8. The summed E-state index contributed by atoms with van der Waals surface area (Å²) in [5, 5.41) is 80.5. The van der Waals surface area contributed by atoms with Crippen LogP contribution in [0.1, 0.15) is 103 Å². The van der Waals surface area contributed by atoms with Gasteiger partial charge < -0.3 is 110 Å². The first-order valence-corrected chi connectivity index (χ1v) is 39.5. The molecule has 12 aromatic rings. The van der Waals surface area contributed by atoms with Gasteiger partial charge in [0.2, 0.25) is 5.75 Å². The molecule has 0 bridgehead atoms. The summed E-state index contributed by atoms with van der Waals surface area (Å²) < 4.78 is 52.9. The molecule has 0 fully saturated rings. The highest BCUT2D eigenvalue weighted by molar-refractivity contribution is 6.30. The highest BCUT2D eigenvalue weighted by Crippen LogP contribution is 2.40. The molecule has 30 nitrogen and oxygen atoms in total. The smallest absolute Gasteiger partial charge is 0.203 e. The van der Waals surface area contributed by atoms with Crippen LogP contribution in [0.25, 0.3) is 24.3 Å². The van der Waals surface area contributed by atoms with Gasteiger partial charge in [0, 0.05) is 144 Å². The molecule has 31 heteroatoms. The number of anilines is 9. The minimum Gasteiger partial charge on any atom is -0.496 e. The van der Waals surface area contributed by atoms with E-state index in [2.05, 4.69) is 41.2 Å². The zero-order chi connectivity index (χ0) is 92.2. The number of allylic oxidation sites excluding steroid dienone is 4. The second-order valence-electron chi connectivity index (χ2n) is 27.1. The molecule has 0 aliphatic heterocycles. The topological polar surface area (TPSA) is 428 Å². The highest BCUT2D eigenvalue weighted by Gasteiger charge is 2.21. The van der Waals surface area contributed by atoms with E-state index in [4.69, 9.17) is 64.7 Å². The maximum absolute atomic E-state index is 12.9. The van der Waals surface area contributed by atoms with Crippen molar-refractivity contribution in [1.82, 2.24) is 19.9 Å². The molecule has 0 aliphatic rings. The average Bonchev–Trinajstić information content (AvgIpc) is 0.811. The van der Waals surface area contributed by atoms with Crippen molar-refractivity contribution >= 4 is 111 Å². The van der Waals surface area contributed by atoms with Crippen LogP contribution < -0.4 is 74.4 Å². The van der Waals surface area contributed by atoms with Crippen LogP contribution in [0.2, 0.25) is 5.02 Å². The van der Waals surface area contributed by atoms with Gasteiger partial charge in [-0.15, -0.1) is 0 Å². The maximum Gasteiger partial charge on any atom is 0.203 e. The lowest BCUT2D eigenvalue weighted by atomic mass is 10.1. The molecule has 0 unspecified atom stereocenters. The Morgan fingerprint density at radius 3 is 0.953 bits per heavy atom. The second-order valence-corrected chi connectivity index (χ2v) is 27.5. The molecule has 13 N–H and O–H groups in total. The number of nitrogens with one attached hydrogen (secondary N) is 4. The molecule has 0 amide bonds. The standard InChI is InChI=1S/C26H28N2O7.C25H26N2O6.C24H25N3O5.C22H19ClN2O3/c1-32-22-13-19(10-18(14-29)20(22)15-30)28-26-16(6-5-9-27-26)7-8-21(31)17-11-23(33-2)25(35-4)24(12-17)34-3;1-31-22-9-7-17(12-24(22)33-3)21(30)8-6-16-5-4-10-26-25(16)27-19-11-18(14-28)20(15-29)23(13-19)32-2;1-31-22-8-6-16(11-20(22)25)21(30)7-5-15-4-3-9-26-24(15)27-18-10-17(13-28)19(14-29)23(12-18)32-2;1-28-21-13-19(10-6-17(21)14-26)25-22-16(3-2-12-24-22)7-11-20(27)15-4-8-18(23)9-5-15/h5-13,29-30H,14-15H2,1-4H3,(H,27,28);4-13,28-29H,14-15H2,1-3H3,(H,26,27);3-12,28-29H,13-14,25H2,1-2H3,(H,26,27);2-13,26H,14H2,1H3,(H,24,25)/b8-7+;8-6+;7-5+;11-7+. The Bertz CT molecular complexity index is 5870. The van der Waals surface area contributed by atoms with Crippen LogP contribution in [0.3, 0.4) is 0 Å². The van der Waals surface area contributed by atoms with Crippen LogP contribution in [0.5, 0.6) is 57.5 Å². The quantitative estimate of drug-likeness (QED) is 0.00977. The minimum atomic E-state index is -0.268. The van der Waals surface area contributed by atoms with Gasteiger partial charge in [0.25, 0.3) is 0 Å². The Morgan fingerprint density at radius 2 is 0.617 bits per heavy atom. The number of pyridine rings is 4. The molecule has 0 saturated heterocycles.